The first-order valence-corrected chi connectivity index (χ1v) is 9.63. The Labute approximate surface area is 174 Å². The zero-order valence-electron chi connectivity index (χ0n) is 17.1. The van der Waals surface area contributed by atoms with Crippen molar-refractivity contribution in [2.45, 2.75) is 44.1 Å². The van der Waals surface area contributed by atoms with E-state index in [0.717, 1.165) is 16.7 Å². The predicted molar refractivity (Wildman–Crippen MR) is 109 cm³/mol. The van der Waals surface area contributed by atoms with Crippen LogP contribution in [0.3, 0.4) is 0 Å². The van der Waals surface area contributed by atoms with Gasteiger partial charge in [-0.1, -0.05) is 18.2 Å². The number of carbonyl (C=O) groups excluding carboxylic acids is 1. The molecule has 0 radical (unpaired) electrons. The number of nitrogens with one attached hydrogen (secondary N) is 1. The molecule has 1 aliphatic rings. The van der Waals surface area contributed by atoms with Crippen molar-refractivity contribution in [1.29, 1.82) is 0 Å². The SMILES string of the molecule is CNC(=O)c1cccc(-c2ccc(OC3OC(C)(CO)C(O)C(O)C3O)c(C)c2)c1. The van der Waals surface area contributed by atoms with Gasteiger partial charge >= 0.3 is 0 Å². The van der Waals surface area contributed by atoms with E-state index < -0.39 is 36.8 Å². The quantitative estimate of drug-likeness (QED) is 0.482. The number of aryl methyl sites for hydroxylation is 1. The van der Waals surface area contributed by atoms with Crippen LogP contribution in [0.2, 0.25) is 0 Å². The van der Waals surface area contributed by atoms with Crippen molar-refractivity contribution in [2.75, 3.05) is 13.7 Å². The van der Waals surface area contributed by atoms with Crippen LogP contribution >= 0.6 is 0 Å². The van der Waals surface area contributed by atoms with Crippen molar-refractivity contribution in [1.82, 2.24) is 5.32 Å². The molecule has 0 aromatic heterocycles. The summed E-state index contributed by atoms with van der Waals surface area (Å²) in [6.45, 7) is 2.68. The van der Waals surface area contributed by atoms with Gasteiger partial charge in [0.25, 0.3) is 5.91 Å². The van der Waals surface area contributed by atoms with Gasteiger partial charge in [-0.15, -0.1) is 0 Å². The molecule has 5 unspecified atom stereocenters. The number of hydrogen-bond acceptors (Lipinski definition) is 7. The van der Waals surface area contributed by atoms with Crippen LogP contribution in [0.4, 0.5) is 0 Å². The third kappa shape index (κ3) is 4.19. The lowest BCUT2D eigenvalue weighted by molar-refractivity contribution is -0.313. The summed E-state index contributed by atoms with van der Waals surface area (Å²) in [6, 6.07) is 12.6. The molecule has 162 valence electrons. The Hall–Kier alpha value is -2.49. The molecule has 1 saturated heterocycles. The molecule has 8 nitrogen and oxygen atoms in total. The van der Waals surface area contributed by atoms with Gasteiger partial charge in [0.1, 0.15) is 29.7 Å². The maximum Gasteiger partial charge on any atom is 0.251 e. The Morgan fingerprint density at radius 2 is 1.83 bits per heavy atom. The number of ether oxygens (including phenoxy) is 2. The van der Waals surface area contributed by atoms with Crippen molar-refractivity contribution < 1.29 is 34.7 Å². The fourth-order valence-electron chi connectivity index (χ4n) is 3.41. The summed E-state index contributed by atoms with van der Waals surface area (Å²) in [5, 5.41) is 42.6. The third-order valence-electron chi connectivity index (χ3n) is 5.38. The summed E-state index contributed by atoms with van der Waals surface area (Å²) in [7, 11) is 1.57. The highest BCUT2D eigenvalue weighted by atomic mass is 16.7. The summed E-state index contributed by atoms with van der Waals surface area (Å²) in [5.74, 6) is 0.235. The van der Waals surface area contributed by atoms with Crippen LogP contribution in [0.15, 0.2) is 42.5 Å². The topological polar surface area (TPSA) is 128 Å². The van der Waals surface area contributed by atoms with Gasteiger partial charge in [-0.05, 0) is 54.8 Å². The lowest BCUT2D eigenvalue weighted by atomic mass is 9.89. The molecule has 5 atom stereocenters. The minimum atomic E-state index is -1.53. The second kappa shape index (κ2) is 8.71. The van der Waals surface area contributed by atoms with Crippen molar-refractivity contribution in [3.8, 4) is 16.9 Å². The number of hydrogen-bond donors (Lipinski definition) is 5. The average Bonchev–Trinajstić information content (AvgIpc) is 2.76. The molecular formula is C22H27NO7. The number of carbonyl (C=O) groups is 1. The second-order valence-electron chi connectivity index (χ2n) is 7.64. The minimum absolute atomic E-state index is 0.176. The van der Waals surface area contributed by atoms with Gasteiger partial charge in [0.05, 0.1) is 6.61 Å². The van der Waals surface area contributed by atoms with Gasteiger partial charge in [0, 0.05) is 12.6 Å². The van der Waals surface area contributed by atoms with E-state index in [2.05, 4.69) is 5.32 Å². The maximum absolute atomic E-state index is 11.9. The smallest absolute Gasteiger partial charge is 0.251 e. The van der Waals surface area contributed by atoms with E-state index in [1.807, 2.05) is 19.1 Å². The normalized spacial score (nSPS) is 28.8. The van der Waals surface area contributed by atoms with E-state index >= 15 is 0 Å². The zero-order chi connectivity index (χ0) is 22.1. The monoisotopic (exact) mass is 417 g/mol. The first-order valence-electron chi connectivity index (χ1n) is 9.63. The fraction of sp³-hybridized carbons (Fsp3) is 0.409. The van der Waals surface area contributed by atoms with Crippen molar-refractivity contribution >= 4 is 5.91 Å². The van der Waals surface area contributed by atoms with Gasteiger partial charge in [0.2, 0.25) is 6.29 Å². The third-order valence-corrected chi connectivity index (χ3v) is 5.38. The van der Waals surface area contributed by atoms with Crippen molar-refractivity contribution in [3.63, 3.8) is 0 Å². The Kier molecular flexibility index (Phi) is 6.44. The summed E-state index contributed by atoms with van der Waals surface area (Å²) in [5.41, 5.74) is 1.53. The first-order chi connectivity index (χ1) is 14.2. The van der Waals surface area contributed by atoms with Crippen LogP contribution in [0.5, 0.6) is 5.75 Å². The van der Waals surface area contributed by atoms with Gasteiger partial charge in [0.15, 0.2) is 0 Å². The molecule has 3 rings (SSSR count). The molecule has 1 heterocycles. The summed E-state index contributed by atoms with van der Waals surface area (Å²) in [6.07, 6.45) is -5.77. The van der Waals surface area contributed by atoms with Gasteiger partial charge in [-0.2, -0.15) is 0 Å². The molecule has 1 amide bonds. The molecule has 2 aromatic rings. The predicted octanol–water partition coefficient (Wildman–Crippen LogP) is 0.590. The molecule has 0 saturated carbocycles. The molecule has 1 fully saturated rings. The summed E-state index contributed by atoms with van der Waals surface area (Å²) >= 11 is 0. The van der Waals surface area contributed by atoms with E-state index in [-0.39, 0.29) is 5.91 Å². The number of benzene rings is 2. The largest absolute Gasteiger partial charge is 0.462 e. The Morgan fingerprint density at radius 1 is 1.13 bits per heavy atom. The molecule has 0 spiro atoms. The Bertz CT molecular complexity index is 918. The van der Waals surface area contributed by atoms with Crippen molar-refractivity contribution in [2.24, 2.45) is 0 Å². The highest BCUT2D eigenvalue weighted by Crippen LogP contribution is 2.33. The van der Waals surface area contributed by atoms with Crippen LogP contribution in [0.1, 0.15) is 22.8 Å². The Morgan fingerprint density at radius 3 is 2.47 bits per heavy atom. The molecule has 30 heavy (non-hydrogen) atoms. The highest BCUT2D eigenvalue weighted by molar-refractivity contribution is 5.95. The van der Waals surface area contributed by atoms with Crippen molar-refractivity contribution in [3.05, 3.63) is 53.6 Å². The van der Waals surface area contributed by atoms with Crippen LogP contribution < -0.4 is 10.1 Å². The molecular weight excluding hydrogens is 390 g/mol. The standard InChI is InChI=1S/C22H27NO7/c1-12-9-14(13-5-4-6-15(10-13)20(28)23-3)7-8-16(12)29-21-18(26)17(25)19(27)22(2,11-24)30-21/h4-10,17-19,21,24-27H,11H2,1-3H3,(H,23,28). The van der Waals surface area contributed by atoms with Gasteiger partial charge in [-0.25, -0.2) is 0 Å². The lowest BCUT2D eigenvalue weighted by Crippen LogP contribution is -2.65. The van der Waals surface area contributed by atoms with E-state index in [1.165, 1.54) is 6.92 Å². The van der Waals surface area contributed by atoms with Crippen LogP contribution in [-0.4, -0.2) is 70.2 Å². The van der Waals surface area contributed by atoms with Crippen LogP contribution in [-0.2, 0) is 4.74 Å². The molecule has 5 N–H and O–H groups in total. The first kappa shape index (κ1) is 22.2. The zero-order valence-corrected chi connectivity index (χ0v) is 17.1. The average molecular weight is 417 g/mol. The molecule has 8 heteroatoms. The fourth-order valence-corrected chi connectivity index (χ4v) is 3.41. The van der Waals surface area contributed by atoms with E-state index in [9.17, 15) is 25.2 Å². The minimum Gasteiger partial charge on any atom is -0.462 e. The number of rotatable bonds is 5. The molecule has 2 aromatic carbocycles. The number of aliphatic hydroxyl groups excluding tert-OH is 4. The lowest BCUT2D eigenvalue weighted by Gasteiger charge is -2.45. The second-order valence-corrected chi connectivity index (χ2v) is 7.64. The molecule has 1 aliphatic heterocycles. The van der Waals surface area contributed by atoms with E-state index in [0.29, 0.717) is 11.3 Å². The van der Waals surface area contributed by atoms with E-state index in [4.69, 9.17) is 9.47 Å². The van der Waals surface area contributed by atoms with E-state index in [1.54, 1.807) is 37.4 Å². The van der Waals surface area contributed by atoms with Gasteiger partial charge < -0.3 is 35.2 Å². The van der Waals surface area contributed by atoms with Crippen LogP contribution in [0.25, 0.3) is 11.1 Å². The number of amides is 1. The highest BCUT2D eigenvalue weighted by Gasteiger charge is 2.51. The molecule has 0 aliphatic carbocycles. The maximum atomic E-state index is 11.9. The summed E-state index contributed by atoms with van der Waals surface area (Å²) in [4.78, 5) is 11.9. The number of aliphatic hydroxyl groups is 4. The Balaban J connectivity index is 1.83. The summed E-state index contributed by atoms with van der Waals surface area (Å²) < 4.78 is 11.3. The molecule has 0 bridgehead atoms. The van der Waals surface area contributed by atoms with Crippen LogP contribution in [0, 0.1) is 6.92 Å². The van der Waals surface area contributed by atoms with Gasteiger partial charge in [-0.3, -0.25) is 4.79 Å².